The summed E-state index contributed by atoms with van der Waals surface area (Å²) in [4.78, 5) is 0. The van der Waals surface area contributed by atoms with Crippen LogP contribution in [0.3, 0.4) is 0 Å². The van der Waals surface area contributed by atoms with Crippen molar-refractivity contribution in [2.24, 2.45) is 12.5 Å². The van der Waals surface area contributed by atoms with Crippen LogP contribution in [0, 0.1) is 5.41 Å². The first kappa shape index (κ1) is 9.74. The quantitative estimate of drug-likeness (QED) is 0.778. The Kier molecular flexibility index (Phi) is 2.61. The van der Waals surface area contributed by atoms with Crippen molar-refractivity contribution in [3.05, 3.63) is 24.0 Å². The molecule has 1 N–H and O–H groups in total. The van der Waals surface area contributed by atoms with Gasteiger partial charge in [0.25, 0.3) is 0 Å². The number of hydrogen-bond acceptors (Lipinski definition) is 2. The van der Waals surface area contributed by atoms with Gasteiger partial charge in [-0.3, -0.25) is 0 Å². The van der Waals surface area contributed by atoms with Gasteiger partial charge < -0.3 is 14.6 Å². The Balaban J connectivity index is 1.75. The van der Waals surface area contributed by atoms with E-state index in [1.54, 1.807) is 0 Å². The maximum absolute atomic E-state index is 5.20. The first-order valence-corrected chi connectivity index (χ1v) is 5.08. The monoisotopic (exact) mass is 194 g/mol. The molecule has 1 aliphatic rings. The Labute approximate surface area is 85.1 Å². The molecule has 0 amide bonds. The molecule has 1 fully saturated rings. The molecule has 1 aromatic rings. The van der Waals surface area contributed by atoms with Gasteiger partial charge in [-0.25, -0.2) is 0 Å². The normalized spacial score (nSPS) is 19.3. The number of nitrogens with one attached hydrogen (secondary N) is 1. The fourth-order valence-corrected chi connectivity index (χ4v) is 1.73. The van der Waals surface area contributed by atoms with Crippen LogP contribution < -0.4 is 5.32 Å². The van der Waals surface area contributed by atoms with E-state index in [0.717, 1.165) is 26.3 Å². The SMILES string of the molecule is Cn1cccc1CNCC1(C)COC1. The highest BCUT2D eigenvalue weighted by molar-refractivity contribution is 5.06. The highest BCUT2D eigenvalue weighted by Crippen LogP contribution is 2.25. The summed E-state index contributed by atoms with van der Waals surface area (Å²) in [5.74, 6) is 0. The average Bonchev–Trinajstić information content (AvgIpc) is 2.49. The van der Waals surface area contributed by atoms with Gasteiger partial charge >= 0.3 is 0 Å². The molecule has 0 unspecified atom stereocenters. The third kappa shape index (κ3) is 1.99. The Morgan fingerprint density at radius 1 is 1.57 bits per heavy atom. The first-order valence-electron chi connectivity index (χ1n) is 5.08. The van der Waals surface area contributed by atoms with Crippen molar-refractivity contribution in [1.29, 1.82) is 0 Å². The second-order valence-corrected chi connectivity index (χ2v) is 4.52. The summed E-state index contributed by atoms with van der Waals surface area (Å²) in [7, 11) is 2.07. The largest absolute Gasteiger partial charge is 0.380 e. The van der Waals surface area contributed by atoms with E-state index in [9.17, 15) is 0 Å². The number of aryl methyl sites for hydroxylation is 1. The van der Waals surface area contributed by atoms with E-state index in [1.165, 1.54) is 5.69 Å². The van der Waals surface area contributed by atoms with Gasteiger partial charge in [-0.05, 0) is 12.1 Å². The minimum absolute atomic E-state index is 0.366. The van der Waals surface area contributed by atoms with Gasteiger partial charge in [0.1, 0.15) is 0 Å². The Hall–Kier alpha value is -0.800. The molecular formula is C11H18N2O. The smallest absolute Gasteiger partial charge is 0.0554 e. The van der Waals surface area contributed by atoms with Gasteiger partial charge in [0.15, 0.2) is 0 Å². The summed E-state index contributed by atoms with van der Waals surface area (Å²) >= 11 is 0. The molecule has 3 nitrogen and oxygen atoms in total. The van der Waals surface area contributed by atoms with E-state index in [4.69, 9.17) is 4.74 Å². The Bertz CT molecular complexity index is 302. The predicted octanol–water partition coefficient (Wildman–Crippen LogP) is 1.15. The van der Waals surface area contributed by atoms with Crippen molar-refractivity contribution in [2.45, 2.75) is 13.5 Å². The maximum Gasteiger partial charge on any atom is 0.0554 e. The molecule has 0 spiro atoms. The Morgan fingerprint density at radius 3 is 2.86 bits per heavy atom. The van der Waals surface area contributed by atoms with Crippen LogP contribution in [0.4, 0.5) is 0 Å². The third-order valence-electron chi connectivity index (χ3n) is 2.81. The summed E-state index contributed by atoms with van der Waals surface area (Å²) in [6, 6.07) is 4.22. The van der Waals surface area contributed by atoms with E-state index in [0.29, 0.717) is 5.41 Å². The van der Waals surface area contributed by atoms with Crippen molar-refractivity contribution in [3.63, 3.8) is 0 Å². The minimum Gasteiger partial charge on any atom is -0.380 e. The fourth-order valence-electron chi connectivity index (χ4n) is 1.73. The summed E-state index contributed by atoms with van der Waals surface area (Å²) in [5, 5.41) is 3.47. The summed E-state index contributed by atoms with van der Waals surface area (Å²) in [5.41, 5.74) is 1.69. The van der Waals surface area contributed by atoms with E-state index >= 15 is 0 Å². The van der Waals surface area contributed by atoms with Gasteiger partial charge in [-0.15, -0.1) is 0 Å². The molecule has 2 rings (SSSR count). The van der Waals surface area contributed by atoms with Crippen LogP contribution in [0.1, 0.15) is 12.6 Å². The topological polar surface area (TPSA) is 26.2 Å². The second kappa shape index (κ2) is 3.75. The number of hydrogen-bond donors (Lipinski definition) is 1. The predicted molar refractivity (Wildman–Crippen MR) is 56.0 cm³/mol. The maximum atomic E-state index is 5.20. The van der Waals surface area contributed by atoms with E-state index in [-0.39, 0.29) is 0 Å². The highest BCUT2D eigenvalue weighted by atomic mass is 16.5. The zero-order valence-corrected chi connectivity index (χ0v) is 8.92. The van der Waals surface area contributed by atoms with Crippen molar-refractivity contribution in [2.75, 3.05) is 19.8 Å². The standard InChI is InChI=1S/C11H18N2O/c1-11(8-14-9-11)7-12-6-10-4-3-5-13(10)2/h3-5,12H,6-9H2,1-2H3. The summed E-state index contributed by atoms with van der Waals surface area (Å²) < 4.78 is 7.35. The molecule has 2 heterocycles. The molecule has 78 valence electrons. The lowest BCUT2D eigenvalue weighted by Gasteiger charge is -2.38. The molecule has 0 radical (unpaired) electrons. The van der Waals surface area contributed by atoms with Crippen molar-refractivity contribution >= 4 is 0 Å². The average molecular weight is 194 g/mol. The zero-order chi connectivity index (χ0) is 10.0. The van der Waals surface area contributed by atoms with E-state index in [1.807, 2.05) is 0 Å². The third-order valence-corrected chi connectivity index (χ3v) is 2.81. The number of ether oxygens (including phenoxy) is 1. The lowest BCUT2D eigenvalue weighted by molar-refractivity contribution is -0.0992. The van der Waals surface area contributed by atoms with Gasteiger partial charge in [-0.1, -0.05) is 6.92 Å². The zero-order valence-electron chi connectivity index (χ0n) is 8.92. The van der Waals surface area contributed by atoms with Crippen molar-refractivity contribution in [3.8, 4) is 0 Å². The van der Waals surface area contributed by atoms with Gasteiger partial charge in [0.05, 0.1) is 13.2 Å². The lowest BCUT2D eigenvalue weighted by Crippen LogP contribution is -2.47. The van der Waals surface area contributed by atoms with Gasteiger partial charge in [0, 0.05) is 37.4 Å². The van der Waals surface area contributed by atoms with Gasteiger partial charge in [-0.2, -0.15) is 0 Å². The second-order valence-electron chi connectivity index (χ2n) is 4.52. The number of rotatable bonds is 4. The molecule has 0 atom stereocenters. The van der Waals surface area contributed by atoms with Crippen LogP contribution in [0.15, 0.2) is 18.3 Å². The van der Waals surface area contributed by atoms with Crippen LogP contribution in [-0.2, 0) is 18.3 Å². The van der Waals surface area contributed by atoms with Crippen LogP contribution in [0.5, 0.6) is 0 Å². The van der Waals surface area contributed by atoms with Crippen molar-refractivity contribution < 1.29 is 4.74 Å². The molecule has 0 bridgehead atoms. The van der Waals surface area contributed by atoms with Crippen LogP contribution in [0.2, 0.25) is 0 Å². The molecule has 1 aliphatic heterocycles. The lowest BCUT2D eigenvalue weighted by atomic mass is 9.89. The van der Waals surface area contributed by atoms with E-state index < -0.39 is 0 Å². The summed E-state index contributed by atoms with van der Waals surface area (Å²) in [6.07, 6.45) is 2.07. The molecule has 1 saturated heterocycles. The summed E-state index contributed by atoms with van der Waals surface area (Å²) in [6.45, 7) is 6.03. The van der Waals surface area contributed by atoms with Crippen LogP contribution in [-0.4, -0.2) is 24.3 Å². The van der Waals surface area contributed by atoms with Gasteiger partial charge in [0.2, 0.25) is 0 Å². The highest BCUT2D eigenvalue weighted by Gasteiger charge is 2.32. The first-order chi connectivity index (χ1) is 6.70. The Morgan fingerprint density at radius 2 is 2.36 bits per heavy atom. The minimum atomic E-state index is 0.366. The van der Waals surface area contributed by atoms with E-state index in [2.05, 4.69) is 42.2 Å². The van der Waals surface area contributed by atoms with Crippen molar-refractivity contribution in [1.82, 2.24) is 9.88 Å². The number of nitrogens with zero attached hydrogens (tertiary/aromatic N) is 1. The fraction of sp³-hybridized carbons (Fsp3) is 0.636. The molecule has 0 aliphatic carbocycles. The van der Waals surface area contributed by atoms with Crippen LogP contribution >= 0.6 is 0 Å². The molecule has 0 saturated carbocycles. The molecular weight excluding hydrogens is 176 g/mol. The number of aromatic nitrogens is 1. The molecule has 14 heavy (non-hydrogen) atoms. The molecule has 0 aromatic carbocycles. The van der Waals surface area contributed by atoms with Crippen LogP contribution in [0.25, 0.3) is 0 Å². The molecule has 1 aromatic heterocycles. The molecule has 3 heteroatoms.